The first kappa shape index (κ1) is 26.6. The fraction of sp³-hybridized carbons (Fsp3) is 0.226. The number of carboxylic acid groups (broad SMARTS) is 1. The number of hydrogen-bond acceptors (Lipinski definition) is 4. The molecule has 0 saturated carbocycles. The fourth-order valence-electron chi connectivity index (χ4n) is 5.04. The molecule has 0 aliphatic carbocycles. The maximum absolute atomic E-state index is 13.4. The average Bonchev–Trinajstić information content (AvgIpc) is 2.97. The molecule has 5 rings (SSSR count). The van der Waals surface area contributed by atoms with Crippen LogP contribution in [0.5, 0.6) is 0 Å². The normalized spacial score (nSPS) is 17.0. The van der Waals surface area contributed by atoms with E-state index >= 15 is 0 Å². The molecule has 1 unspecified atom stereocenters. The first-order valence-corrected chi connectivity index (χ1v) is 14.4. The molecule has 1 heterocycles. The number of piperidine rings is 1. The summed E-state index contributed by atoms with van der Waals surface area (Å²) in [6.07, 6.45) is 1.14. The zero-order chi connectivity index (χ0) is 27.4. The Kier molecular flexibility index (Phi) is 7.77. The van der Waals surface area contributed by atoms with Crippen molar-refractivity contribution in [3.63, 3.8) is 0 Å². The van der Waals surface area contributed by atoms with Gasteiger partial charge in [-0.1, -0.05) is 84.9 Å². The van der Waals surface area contributed by atoms with Gasteiger partial charge in [-0.25, -0.2) is 13.2 Å². The monoisotopic (exact) mass is 542 g/mol. The molecule has 1 fully saturated rings. The van der Waals surface area contributed by atoms with E-state index in [-0.39, 0.29) is 17.9 Å². The molecular weight excluding hydrogens is 512 g/mol. The van der Waals surface area contributed by atoms with Crippen LogP contribution in [0.25, 0.3) is 21.9 Å². The molecule has 0 bridgehead atoms. The standard InChI is InChI=1S/C31H30N2O5S/c34-30(32-29(31(35)36)19-22-12-14-25(15-13-22)23-7-2-1-3-8-23)27-11-6-18-33(21-27)39(37,38)28-17-16-24-9-4-5-10-26(24)20-28/h1-5,7-10,12-17,20,27,29H,6,11,18-19,21H2,(H,32,34)(H,35,36)/t27?,29-/m0/s1. The van der Waals surface area contributed by atoms with Gasteiger partial charge in [0.15, 0.2) is 0 Å². The van der Waals surface area contributed by atoms with Crippen LogP contribution < -0.4 is 5.32 Å². The number of carboxylic acids is 1. The molecule has 2 atom stereocenters. The molecule has 200 valence electrons. The van der Waals surface area contributed by atoms with Gasteiger partial charge in [0.25, 0.3) is 0 Å². The Morgan fingerprint density at radius 2 is 1.54 bits per heavy atom. The van der Waals surface area contributed by atoms with Crippen LogP contribution in [0.15, 0.2) is 102 Å². The Morgan fingerprint density at radius 3 is 2.26 bits per heavy atom. The molecule has 7 nitrogen and oxygen atoms in total. The number of carbonyl (C=O) groups is 2. The van der Waals surface area contributed by atoms with Crippen molar-refractivity contribution in [2.45, 2.75) is 30.2 Å². The molecule has 4 aromatic rings. The Morgan fingerprint density at radius 1 is 0.872 bits per heavy atom. The van der Waals surface area contributed by atoms with Crippen molar-refractivity contribution in [1.29, 1.82) is 0 Å². The number of benzene rings is 4. The van der Waals surface area contributed by atoms with E-state index in [4.69, 9.17) is 0 Å². The molecular formula is C31H30N2O5S. The number of hydrogen-bond donors (Lipinski definition) is 2. The molecule has 8 heteroatoms. The maximum atomic E-state index is 13.4. The number of amides is 1. The van der Waals surface area contributed by atoms with Gasteiger partial charge >= 0.3 is 5.97 Å². The number of sulfonamides is 1. The first-order valence-electron chi connectivity index (χ1n) is 13.0. The Bertz CT molecular complexity index is 1590. The minimum absolute atomic E-state index is 0.0130. The maximum Gasteiger partial charge on any atom is 0.326 e. The smallest absolute Gasteiger partial charge is 0.326 e. The third-order valence-corrected chi connectivity index (χ3v) is 9.09. The van der Waals surface area contributed by atoms with Gasteiger partial charge in [-0.05, 0) is 52.4 Å². The van der Waals surface area contributed by atoms with Crippen LogP contribution in [0.2, 0.25) is 0 Å². The summed E-state index contributed by atoms with van der Waals surface area (Å²) >= 11 is 0. The molecule has 1 saturated heterocycles. The fourth-order valence-corrected chi connectivity index (χ4v) is 6.60. The number of rotatable bonds is 8. The lowest BCUT2D eigenvalue weighted by atomic mass is 9.97. The highest BCUT2D eigenvalue weighted by Gasteiger charge is 2.34. The highest BCUT2D eigenvalue weighted by atomic mass is 32.2. The molecule has 1 aliphatic rings. The van der Waals surface area contributed by atoms with Crippen LogP contribution in [-0.2, 0) is 26.0 Å². The molecule has 0 aromatic heterocycles. The Balaban J connectivity index is 1.25. The molecule has 0 spiro atoms. The predicted molar refractivity (Wildman–Crippen MR) is 151 cm³/mol. The van der Waals surface area contributed by atoms with E-state index in [0.717, 1.165) is 27.5 Å². The number of carbonyl (C=O) groups excluding carboxylic acids is 1. The molecule has 4 aromatic carbocycles. The van der Waals surface area contributed by atoms with Gasteiger partial charge in [-0.2, -0.15) is 4.31 Å². The van der Waals surface area contributed by atoms with Crippen LogP contribution in [0.1, 0.15) is 18.4 Å². The van der Waals surface area contributed by atoms with Crippen LogP contribution in [-0.4, -0.2) is 48.8 Å². The lowest BCUT2D eigenvalue weighted by molar-refractivity contribution is -0.142. The van der Waals surface area contributed by atoms with Crippen LogP contribution >= 0.6 is 0 Å². The second-order valence-electron chi connectivity index (χ2n) is 9.88. The Hall–Kier alpha value is -4.01. The minimum Gasteiger partial charge on any atom is -0.480 e. The van der Waals surface area contributed by atoms with Crippen molar-refractivity contribution >= 4 is 32.7 Å². The quantitative estimate of drug-likeness (QED) is 0.335. The highest BCUT2D eigenvalue weighted by Crippen LogP contribution is 2.27. The third kappa shape index (κ3) is 6.02. The first-order chi connectivity index (χ1) is 18.8. The summed E-state index contributed by atoms with van der Waals surface area (Å²) < 4.78 is 28.1. The van der Waals surface area contributed by atoms with Gasteiger partial charge in [0.05, 0.1) is 10.8 Å². The largest absolute Gasteiger partial charge is 0.480 e. The van der Waals surface area contributed by atoms with Crippen LogP contribution in [0.3, 0.4) is 0 Å². The lowest BCUT2D eigenvalue weighted by Gasteiger charge is -2.32. The number of aliphatic carboxylic acids is 1. The van der Waals surface area contributed by atoms with Crippen molar-refractivity contribution in [3.05, 3.63) is 103 Å². The van der Waals surface area contributed by atoms with E-state index in [1.165, 1.54) is 4.31 Å². The van der Waals surface area contributed by atoms with E-state index in [9.17, 15) is 23.1 Å². The summed E-state index contributed by atoms with van der Waals surface area (Å²) in [5.41, 5.74) is 2.87. The van der Waals surface area contributed by atoms with Gasteiger partial charge in [0.2, 0.25) is 15.9 Å². The molecule has 39 heavy (non-hydrogen) atoms. The molecule has 0 radical (unpaired) electrons. The second-order valence-corrected chi connectivity index (χ2v) is 11.8. The molecule has 1 aliphatic heterocycles. The van der Waals surface area contributed by atoms with E-state index in [2.05, 4.69) is 5.32 Å². The van der Waals surface area contributed by atoms with Crippen molar-refractivity contribution < 1.29 is 23.1 Å². The average molecular weight is 543 g/mol. The van der Waals surface area contributed by atoms with Crippen LogP contribution in [0, 0.1) is 5.92 Å². The van der Waals surface area contributed by atoms with E-state index in [0.29, 0.717) is 19.4 Å². The van der Waals surface area contributed by atoms with Gasteiger partial charge in [-0.3, -0.25) is 4.79 Å². The summed E-state index contributed by atoms with van der Waals surface area (Å²) in [6, 6.07) is 28.9. The minimum atomic E-state index is -3.80. The van der Waals surface area contributed by atoms with E-state index in [1.807, 2.05) is 78.9 Å². The SMILES string of the molecule is O=C(N[C@@H](Cc1ccc(-c2ccccc2)cc1)C(=O)O)C1CCCN(S(=O)(=O)c2ccc3ccccc3c2)C1. The summed E-state index contributed by atoms with van der Waals surface area (Å²) in [7, 11) is -3.80. The second kappa shape index (κ2) is 11.4. The summed E-state index contributed by atoms with van der Waals surface area (Å²) in [6.45, 7) is 0.328. The van der Waals surface area contributed by atoms with E-state index < -0.39 is 33.9 Å². The molecule has 1 amide bonds. The highest BCUT2D eigenvalue weighted by molar-refractivity contribution is 7.89. The molecule has 2 N–H and O–H groups in total. The summed E-state index contributed by atoms with van der Waals surface area (Å²) in [5, 5.41) is 14.2. The topological polar surface area (TPSA) is 104 Å². The van der Waals surface area contributed by atoms with Crippen molar-refractivity contribution in [1.82, 2.24) is 9.62 Å². The van der Waals surface area contributed by atoms with Crippen molar-refractivity contribution in [2.24, 2.45) is 5.92 Å². The van der Waals surface area contributed by atoms with Gasteiger partial charge in [0, 0.05) is 19.5 Å². The summed E-state index contributed by atoms with van der Waals surface area (Å²) in [4.78, 5) is 25.3. The predicted octanol–water partition coefficient (Wildman–Crippen LogP) is 4.72. The van der Waals surface area contributed by atoms with Crippen LogP contribution in [0.4, 0.5) is 0 Å². The lowest BCUT2D eigenvalue weighted by Crippen LogP contribution is -2.50. The number of fused-ring (bicyclic) bond motifs is 1. The van der Waals surface area contributed by atoms with Gasteiger partial charge in [-0.15, -0.1) is 0 Å². The van der Waals surface area contributed by atoms with Gasteiger partial charge < -0.3 is 10.4 Å². The zero-order valence-corrected chi connectivity index (χ0v) is 22.2. The van der Waals surface area contributed by atoms with Gasteiger partial charge in [0.1, 0.15) is 6.04 Å². The van der Waals surface area contributed by atoms with Crippen molar-refractivity contribution in [3.8, 4) is 11.1 Å². The third-order valence-electron chi connectivity index (χ3n) is 7.23. The Labute approximate surface area is 228 Å². The van der Waals surface area contributed by atoms with Crippen molar-refractivity contribution in [2.75, 3.05) is 13.1 Å². The van der Waals surface area contributed by atoms with E-state index in [1.54, 1.807) is 18.2 Å². The number of nitrogens with zero attached hydrogens (tertiary/aromatic N) is 1. The summed E-state index contributed by atoms with van der Waals surface area (Å²) in [5.74, 6) is -2.20. The zero-order valence-electron chi connectivity index (χ0n) is 21.4. The number of nitrogens with one attached hydrogen (secondary N) is 1.